The Hall–Kier alpha value is -2.89. The van der Waals surface area contributed by atoms with Crippen molar-refractivity contribution in [3.8, 4) is 11.8 Å². The number of nitro groups is 1. The Kier molecular flexibility index (Phi) is 6.33. The summed E-state index contributed by atoms with van der Waals surface area (Å²) in [4.78, 5) is 22.8. The van der Waals surface area contributed by atoms with Crippen molar-refractivity contribution >= 4 is 50.9 Å². The minimum Gasteiger partial charge on any atom is -0.496 e. The largest absolute Gasteiger partial charge is 0.496 e. The Labute approximate surface area is 162 Å². The summed E-state index contributed by atoms with van der Waals surface area (Å²) < 4.78 is 5.93. The fourth-order valence-corrected chi connectivity index (χ4v) is 2.62. The molecule has 0 fully saturated rings. The van der Waals surface area contributed by atoms with Crippen molar-refractivity contribution in [3.63, 3.8) is 0 Å². The molecule has 0 aliphatic heterocycles. The van der Waals surface area contributed by atoms with E-state index in [1.165, 1.54) is 25.3 Å². The topological polar surface area (TPSA) is 105 Å². The van der Waals surface area contributed by atoms with Gasteiger partial charge in [0.25, 0.3) is 11.6 Å². The van der Waals surface area contributed by atoms with Crippen LogP contribution in [0.2, 0.25) is 5.02 Å². The Morgan fingerprint density at radius 2 is 2.12 bits per heavy atom. The number of nitrogens with zero attached hydrogens (tertiary/aromatic N) is 2. The zero-order chi connectivity index (χ0) is 19.3. The van der Waals surface area contributed by atoms with Crippen molar-refractivity contribution in [2.24, 2.45) is 0 Å². The fourth-order valence-electron chi connectivity index (χ4n) is 2.07. The summed E-state index contributed by atoms with van der Waals surface area (Å²) in [6, 6.07) is 10.7. The van der Waals surface area contributed by atoms with Crippen LogP contribution in [0, 0.1) is 21.4 Å². The molecule has 0 unspecified atom stereocenters. The van der Waals surface area contributed by atoms with Gasteiger partial charge in [-0.15, -0.1) is 0 Å². The first kappa shape index (κ1) is 19.4. The Bertz CT molecular complexity index is 954. The lowest BCUT2D eigenvalue weighted by Gasteiger charge is -2.08. The van der Waals surface area contributed by atoms with Gasteiger partial charge in [-0.25, -0.2) is 0 Å². The van der Waals surface area contributed by atoms with Gasteiger partial charge >= 0.3 is 0 Å². The highest BCUT2D eigenvalue weighted by molar-refractivity contribution is 9.10. The molecule has 0 spiro atoms. The quantitative estimate of drug-likeness (QED) is 0.320. The van der Waals surface area contributed by atoms with E-state index in [2.05, 4.69) is 21.2 Å². The van der Waals surface area contributed by atoms with Crippen LogP contribution in [0.25, 0.3) is 6.08 Å². The fraction of sp³-hybridized carbons (Fsp3) is 0.0588. The monoisotopic (exact) mass is 435 g/mol. The molecule has 2 aromatic carbocycles. The minimum absolute atomic E-state index is 0.0632. The molecule has 1 amide bonds. The number of hydrogen-bond acceptors (Lipinski definition) is 5. The van der Waals surface area contributed by atoms with E-state index in [-0.39, 0.29) is 22.0 Å². The van der Waals surface area contributed by atoms with Crippen LogP contribution >= 0.6 is 27.5 Å². The van der Waals surface area contributed by atoms with Gasteiger partial charge in [0, 0.05) is 21.1 Å². The lowest BCUT2D eigenvalue weighted by molar-refractivity contribution is -0.383. The van der Waals surface area contributed by atoms with Gasteiger partial charge in [-0.3, -0.25) is 14.9 Å². The van der Waals surface area contributed by atoms with Crippen molar-refractivity contribution in [1.82, 2.24) is 0 Å². The predicted octanol–water partition coefficient (Wildman–Crippen LogP) is 4.56. The lowest BCUT2D eigenvalue weighted by Crippen LogP contribution is -2.14. The highest BCUT2D eigenvalue weighted by Gasteiger charge is 2.19. The Balaban J connectivity index is 2.38. The predicted molar refractivity (Wildman–Crippen MR) is 101 cm³/mol. The Morgan fingerprint density at radius 3 is 2.73 bits per heavy atom. The van der Waals surface area contributed by atoms with Crippen LogP contribution in [0.5, 0.6) is 5.75 Å². The highest BCUT2D eigenvalue weighted by Crippen LogP contribution is 2.29. The molecule has 0 aliphatic carbocycles. The molecular formula is C17H11BrClN3O4. The van der Waals surface area contributed by atoms with Gasteiger partial charge in [0.2, 0.25) is 0 Å². The third kappa shape index (κ3) is 4.59. The van der Waals surface area contributed by atoms with E-state index in [1.54, 1.807) is 24.3 Å². The van der Waals surface area contributed by atoms with E-state index >= 15 is 0 Å². The SMILES string of the molecule is COc1ccc(Br)cc1C=C(C#N)C(=O)Nc1ccc(Cl)cc1[N+](=O)[O-]. The molecule has 7 nitrogen and oxygen atoms in total. The normalized spacial score (nSPS) is 10.8. The number of anilines is 1. The molecule has 0 saturated carbocycles. The third-order valence-corrected chi connectivity index (χ3v) is 3.99. The first-order chi connectivity index (χ1) is 12.3. The second-order valence-corrected chi connectivity index (χ2v) is 6.28. The van der Waals surface area contributed by atoms with Gasteiger partial charge in [0.05, 0.1) is 12.0 Å². The van der Waals surface area contributed by atoms with Gasteiger partial charge in [0.15, 0.2) is 0 Å². The second kappa shape index (κ2) is 8.47. The molecule has 0 radical (unpaired) electrons. The number of rotatable bonds is 5. The summed E-state index contributed by atoms with van der Waals surface area (Å²) in [7, 11) is 1.46. The third-order valence-electron chi connectivity index (χ3n) is 3.26. The van der Waals surface area contributed by atoms with Crippen LogP contribution < -0.4 is 10.1 Å². The zero-order valence-corrected chi connectivity index (χ0v) is 15.7. The number of hydrogen-bond donors (Lipinski definition) is 1. The summed E-state index contributed by atoms with van der Waals surface area (Å²) >= 11 is 9.05. The first-order valence-corrected chi connectivity index (χ1v) is 8.23. The molecule has 9 heteroatoms. The van der Waals surface area contributed by atoms with Crippen LogP contribution in [-0.2, 0) is 4.79 Å². The van der Waals surface area contributed by atoms with E-state index in [1.807, 2.05) is 0 Å². The summed E-state index contributed by atoms with van der Waals surface area (Å²) in [6.45, 7) is 0. The molecule has 0 aliphatic rings. The van der Waals surface area contributed by atoms with Crippen molar-refractivity contribution in [2.75, 3.05) is 12.4 Å². The number of amides is 1. The first-order valence-electron chi connectivity index (χ1n) is 7.06. The van der Waals surface area contributed by atoms with Gasteiger partial charge in [-0.05, 0) is 36.4 Å². The molecule has 2 rings (SSSR count). The summed E-state index contributed by atoms with van der Waals surface area (Å²) in [5.74, 6) is -0.328. The van der Waals surface area contributed by atoms with Crippen LogP contribution in [-0.4, -0.2) is 17.9 Å². The smallest absolute Gasteiger partial charge is 0.294 e. The van der Waals surface area contributed by atoms with E-state index in [4.69, 9.17) is 16.3 Å². The number of benzene rings is 2. The number of ether oxygens (including phenoxy) is 1. The van der Waals surface area contributed by atoms with Crippen molar-refractivity contribution in [3.05, 3.63) is 67.1 Å². The average Bonchev–Trinajstić information content (AvgIpc) is 2.61. The number of methoxy groups -OCH3 is 1. The van der Waals surface area contributed by atoms with Crippen molar-refractivity contribution < 1.29 is 14.5 Å². The molecule has 0 bridgehead atoms. The molecule has 1 N–H and O–H groups in total. The van der Waals surface area contributed by atoms with E-state index in [0.717, 1.165) is 10.5 Å². The van der Waals surface area contributed by atoms with Crippen LogP contribution in [0.1, 0.15) is 5.56 Å². The molecular weight excluding hydrogens is 426 g/mol. The highest BCUT2D eigenvalue weighted by atomic mass is 79.9. The summed E-state index contributed by atoms with van der Waals surface area (Å²) in [6.07, 6.45) is 1.33. The number of carbonyl (C=O) groups is 1. The van der Waals surface area contributed by atoms with Gasteiger partial charge in [-0.2, -0.15) is 5.26 Å². The van der Waals surface area contributed by atoms with Gasteiger partial charge in [-0.1, -0.05) is 27.5 Å². The number of halogens is 2. The lowest BCUT2D eigenvalue weighted by atomic mass is 10.1. The molecule has 0 heterocycles. The van der Waals surface area contributed by atoms with Crippen molar-refractivity contribution in [2.45, 2.75) is 0 Å². The van der Waals surface area contributed by atoms with Gasteiger partial charge < -0.3 is 10.1 Å². The van der Waals surface area contributed by atoms with Crippen molar-refractivity contribution in [1.29, 1.82) is 5.26 Å². The Morgan fingerprint density at radius 1 is 1.38 bits per heavy atom. The number of nitrogens with one attached hydrogen (secondary N) is 1. The second-order valence-electron chi connectivity index (χ2n) is 4.93. The average molecular weight is 437 g/mol. The summed E-state index contributed by atoms with van der Waals surface area (Å²) in [5, 5.41) is 22.9. The molecule has 132 valence electrons. The number of carbonyl (C=O) groups excluding carboxylic acids is 1. The van der Waals surface area contributed by atoms with Crippen LogP contribution in [0.15, 0.2) is 46.4 Å². The standard InChI is InChI=1S/C17H11BrClN3O4/c1-26-16-5-2-12(18)7-10(16)6-11(9-20)17(23)21-14-4-3-13(19)8-15(14)22(24)25/h2-8H,1H3,(H,21,23). The maximum atomic E-state index is 12.4. The molecule has 0 atom stereocenters. The van der Waals surface area contributed by atoms with Gasteiger partial charge in [0.1, 0.15) is 23.1 Å². The summed E-state index contributed by atoms with van der Waals surface area (Å²) in [5.41, 5.74) is -0.181. The zero-order valence-electron chi connectivity index (χ0n) is 13.3. The van der Waals surface area contributed by atoms with Crippen LogP contribution in [0.3, 0.4) is 0 Å². The molecule has 2 aromatic rings. The van der Waals surface area contributed by atoms with E-state index in [9.17, 15) is 20.2 Å². The molecule has 0 aromatic heterocycles. The number of nitriles is 1. The van der Waals surface area contributed by atoms with Crippen LogP contribution in [0.4, 0.5) is 11.4 Å². The molecule has 0 saturated heterocycles. The van der Waals surface area contributed by atoms with E-state index < -0.39 is 10.8 Å². The number of nitro benzene ring substituents is 1. The molecule has 26 heavy (non-hydrogen) atoms. The minimum atomic E-state index is -0.792. The maximum absolute atomic E-state index is 12.4. The maximum Gasteiger partial charge on any atom is 0.294 e. The van der Waals surface area contributed by atoms with E-state index in [0.29, 0.717) is 11.3 Å².